The number of phenolic OH excluding ortho intramolecular Hbond substituents is 1. The van der Waals surface area contributed by atoms with Gasteiger partial charge in [-0.05, 0) is 30.5 Å². The lowest BCUT2D eigenvalue weighted by Crippen LogP contribution is -2.35. The summed E-state index contributed by atoms with van der Waals surface area (Å²) in [6.07, 6.45) is 0.422. The first kappa shape index (κ1) is 15.7. The van der Waals surface area contributed by atoms with Crippen molar-refractivity contribution in [3.05, 3.63) is 29.3 Å². The first-order chi connectivity index (χ1) is 9.31. The van der Waals surface area contributed by atoms with Gasteiger partial charge in [-0.15, -0.1) is 5.06 Å². The smallest absolute Gasteiger partial charge is 0.333 e. The average molecular weight is 279 g/mol. The summed E-state index contributed by atoms with van der Waals surface area (Å²) in [7, 11) is 0. The van der Waals surface area contributed by atoms with Gasteiger partial charge in [-0.3, -0.25) is 9.59 Å². The Hall–Kier alpha value is -2.37. The molecule has 0 bridgehead atoms. The summed E-state index contributed by atoms with van der Waals surface area (Å²) in [5.41, 5.74) is 1.57. The molecule has 0 heterocycles. The Morgan fingerprint density at radius 1 is 1.20 bits per heavy atom. The van der Waals surface area contributed by atoms with Crippen LogP contribution in [0.3, 0.4) is 0 Å². The summed E-state index contributed by atoms with van der Waals surface area (Å²) < 4.78 is 0. The van der Waals surface area contributed by atoms with Gasteiger partial charge in [0.2, 0.25) is 0 Å². The first-order valence-electron chi connectivity index (χ1n) is 6.12. The molecule has 20 heavy (non-hydrogen) atoms. The van der Waals surface area contributed by atoms with Crippen molar-refractivity contribution in [3.63, 3.8) is 0 Å². The third kappa shape index (κ3) is 4.38. The summed E-state index contributed by atoms with van der Waals surface area (Å²) in [6, 6.07) is 5.01. The van der Waals surface area contributed by atoms with Crippen molar-refractivity contribution in [2.45, 2.75) is 33.6 Å². The van der Waals surface area contributed by atoms with Crippen molar-refractivity contribution in [1.82, 2.24) is 5.06 Å². The van der Waals surface area contributed by atoms with E-state index in [9.17, 15) is 19.5 Å². The highest BCUT2D eigenvalue weighted by atomic mass is 16.7. The van der Waals surface area contributed by atoms with Crippen LogP contribution in [0.5, 0.6) is 5.75 Å². The quantitative estimate of drug-likeness (QED) is 0.847. The topological polar surface area (TPSA) is 83.9 Å². The number of hydroxylamine groups is 2. The molecule has 0 spiro atoms. The number of rotatable bonds is 3. The van der Waals surface area contributed by atoms with Crippen molar-refractivity contribution in [3.8, 4) is 5.75 Å². The Morgan fingerprint density at radius 2 is 1.80 bits per heavy atom. The summed E-state index contributed by atoms with van der Waals surface area (Å²) in [4.78, 5) is 38.4. The maximum atomic E-state index is 11.6. The van der Waals surface area contributed by atoms with E-state index in [-0.39, 0.29) is 12.2 Å². The van der Waals surface area contributed by atoms with E-state index < -0.39 is 17.8 Å². The molecular formula is C14H17NO5. The molecule has 1 rings (SSSR count). The van der Waals surface area contributed by atoms with Gasteiger partial charge in [0.1, 0.15) is 5.75 Å². The molecular weight excluding hydrogens is 262 g/mol. The number of aromatic hydroxyl groups is 1. The fourth-order valence-electron chi connectivity index (χ4n) is 1.62. The van der Waals surface area contributed by atoms with Crippen LogP contribution in [0.15, 0.2) is 18.2 Å². The second kappa shape index (κ2) is 6.70. The van der Waals surface area contributed by atoms with Crippen LogP contribution in [0.1, 0.15) is 31.4 Å². The van der Waals surface area contributed by atoms with E-state index in [1.54, 1.807) is 25.1 Å². The molecule has 108 valence electrons. The molecule has 1 aromatic rings. The van der Waals surface area contributed by atoms with Crippen molar-refractivity contribution in [2.24, 2.45) is 0 Å². The lowest BCUT2D eigenvalue weighted by atomic mass is 10.1. The van der Waals surface area contributed by atoms with E-state index in [0.717, 1.165) is 19.4 Å². The largest absolute Gasteiger partial charge is 0.508 e. The van der Waals surface area contributed by atoms with Crippen LogP contribution in [-0.4, -0.2) is 28.0 Å². The van der Waals surface area contributed by atoms with Crippen LogP contribution in [0.4, 0.5) is 0 Å². The van der Waals surface area contributed by atoms with Crippen LogP contribution in [0.2, 0.25) is 0 Å². The Kier molecular flexibility index (Phi) is 5.25. The van der Waals surface area contributed by atoms with E-state index in [1.165, 1.54) is 0 Å². The molecule has 0 atom stereocenters. The molecule has 0 aliphatic heterocycles. The SMILES string of the molecule is CC(=O)N(OC(=O)CCc1ccc(O)c(C)c1)C(C)=O. The van der Waals surface area contributed by atoms with E-state index in [0.29, 0.717) is 17.0 Å². The fraction of sp³-hybridized carbons (Fsp3) is 0.357. The summed E-state index contributed by atoms with van der Waals surface area (Å²) in [6.45, 7) is 4.03. The van der Waals surface area contributed by atoms with Gasteiger partial charge in [-0.2, -0.15) is 0 Å². The van der Waals surface area contributed by atoms with Gasteiger partial charge in [-0.25, -0.2) is 4.79 Å². The minimum absolute atomic E-state index is 0.0290. The molecule has 6 heteroatoms. The van der Waals surface area contributed by atoms with Gasteiger partial charge in [0.25, 0.3) is 11.8 Å². The zero-order chi connectivity index (χ0) is 15.3. The number of carbonyl (C=O) groups is 3. The molecule has 2 amide bonds. The lowest BCUT2D eigenvalue weighted by Gasteiger charge is -2.15. The van der Waals surface area contributed by atoms with Crippen LogP contribution in [0.25, 0.3) is 0 Å². The number of hydrogen-bond acceptors (Lipinski definition) is 5. The highest BCUT2D eigenvalue weighted by Gasteiger charge is 2.19. The van der Waals surface area contributed by atoms with Gasteiger partial charge in [0.15, 0.2) is 0 Å². The van der Waals surface area contributed by atoms with Crippen LogP contribution < -0.4 is 0 Å². The number of nitrogens with zero attached hydrogens (tertiary/aromatic N) is 1. The predicted octanol–water partition coefficient (Wildman–Crippen LogP) is 1.49. The number of imide groups is 1. The van der Waals surface area contributed by atoms with Gasteiger partial charge < -0.3 is 9.94 Å². The second-order valence-corrected chi connectivity index (χ2v) is 4.42. The lowest BCUT2D eigenvalue weighted by molar-refractivity contribution is -0.200. The minimum Gasteiger partial charge on any atom is -0.508 e. The monoisotopic (exact) mass is 279 g/mol. The summed E-state index contributed by atoms with van der Waals surface area (Å²) in [5, 5.41) is 9.82. The predicted molar refractivity (Wildman–Crippen MR) is 70.5 cm³/mol. The minimum atomic E-state index is -0.666. The van der Waals surface area contributed by atoms with E-state index in [1.807, 2.05) is 0 Å². The fourth-order valence-corrected chi connectivity index (χ4v) is 1.62. The van der Waals surface area contributed by atoms with Gasteiger partial charge in [0, 0.05) is 13.8 Å². The highest BCUT2D eigenvalue weighted by Crippen LogP contribution is 2.18. The van der Waals surface area contributed by atoms with Gasteiger partial charge in [0.05, 0.1) is 6.42 Å². The second-order valence-electron chi connectivity index (χ2n) is 4.42. The van der Waals surface area contributed by atoms with Crippen LogP contribution in [0, 0.1) is 6.92 Å². The molecule has 6 nitrogen and oxygen atoms in total. The maximum absolute atomic E-state index is 11.6. The number of phenols is 1. The molecule has 0 aromatic heterocycles. The summed E-state index contributed by atoms with van der Waals surface area (Å²) >= 11 is 0. The van der Waals surface area contributed by atoms with Gasteiger partial charge >= 0.3 is 5.97 Å². The molecule has 0 saturated carbocycles. The van der Waals surface area contributed by atoms with Crippen LogP contribution in [-0.2, 0) is 25.6 Å². The number of hydrogen-bond donors (Lipinski definition) is 1. The zero-order valence-electron chi connectivity index (χ0n) is 11.7. The number of carbonyl (C=O) groups excluding carboxylic acids is 3. The normalized spacial score (nSPS) is 9.95. The zero-order valence-corrected chi connectivity index (χ0v) is 11.7. The van der Waals surface area contributed by atoms with Crippen molar-refractivity contribution < 1.29 is 24.3 Å². The van der Waals surface area contributed by atoms with E-state index in [4.69, 9.17) is 4.84 Å². The standard InChI is InChI=1S/C14H17NO5/c1-9-8-12(4-6-13(9)18)5-7-14(19)20-15(10(2)16)11(3)17/h4,6,8,18H,5,7H2,1-3H3. The molecule has 0 unspecified atom stereocenters. The Bertz CT molecular complexity index is 524. The van der Waals surface area contributed by atoms with Crippen molar-refractivity contribution in [1.29, 1.82) is 0 Å². The molecule has 1 N–H and O–H groups in total. The molecule has 1 aromatic carbocycles. The Balaban J connectivity index is 2.56. The molecule has 0 fully saturated rings. The van der Waals surface area contributed by atoms with Crippen molar-refractivity contribution in [2.75, 3.05) is 0 Å². The molecule has 0 radical (unpaired) electrons. The number of benzene rings is 1. The third-order valence-electron chi connectivity index (χ3n) is 2.64. The van der Waals surface area contributed by atoms with Crippen molar-refractivity contribution >= 4 is 17.8 Å². The highest BCUT2D eigenvalue weighted by molar-refractivity contribution is 5.92. The van der Waals surface area contributed by atoms with Crippen LogP contribution >= 0.6 is 0 Å². The molecule has 0 saturated heterocycles. The Morgan fingerprint density at radius 3 is 2.30 bits per heavy atom. The Labute approximate surface area is 116 Å². The maximum Gasteiger partial charge on any atom is 0.333 e. The number of amides is 2. The molecule has 0 aliphatic rings. The average Bonchev–Trinajstić information content (AvgIpc) is 2.36. The first-order valence-corrected chi connectivity index (χ1v) is 6.12. The number of aryl methyl sites for hydroxylation is 2. The van der Waals surface area contributed by atoms with Gasteiger partial charge in [-0.1, -0.05) is 12.1 Å². The van der Waals surface area contributed by atoms with E-state index >= 15 is 0 Å². The molecule has 0 aliphatic carbocycles. The van der Waals surface area contributed by atoms with E-state index in [2.05, 4.69) is 0 Å². The summed E-state index contributed by atoms with van der Waals surface area (Å²) in [5.74, 6) is -1.77. The third-order valence-corrected chi connectivity index (χ3v) is 2.64.